The quantitative estimate of drug-likeness (QED) is 0.700. The number of aryl methyl sites for hydroxylation is 1. The normalized spacial score (nSPS) is 29.4. The molecule has 1 aliphatic heterocycles. The molecule has 1 fully saturated rings. The zero-order valence-corrected chi connectivity index (χ0v) is 8.50. The molecule has 80 valence electrons. The van der Waals surface area contributed by atoms with Gasteiger partial charge in [0.1, 0.15) is 5.82 Å². The van der Waals surface area contributed by atoms with Gasteiger partial charge >= 0.3 is 0 Å². The first-order valence-corrected chi connectivity index (χ1v) is 5.48. The molecule has 1 heterocycles. The number of rotatable bonds is 0. The minimum absolute atomic E-state index is 0.0539. The molecule has 1 saturated heterocycles. The number of ether oxygens (including phenoxy) is 1. The van der Waals surface area contributed by atoms with Gasteiger partial charge in [0, 0.05) is 12.6 Å². The van der Waals surface area contributed by atoms with Crippen LogP contribution in [-0.2, 0) is 11.2 Å². The van der Waals surface area contributed by atoms with Crippen LogP contribution in [-0.4, -0.2) is 19.2 Å². The maximum Gasteiger partial charge on any atom is 0.123 e. The summed E-state index contributed by atoms with van der Waals surface area (Å²) in [7, 11) is 0. The van der Waals surface area contributed by atoms with Crippen LogP contribution in [0.3, 0.4) is 0 Å². The zero-order chi connectivity index (χ0) is 10.3. The van der Waals surface area contributed by atoms with Crippen molar-refractivity contribution in [3.63, 3.8) is 0 Å². The van der Waals surface area contributed by atoms with Crippen molar-refractivity contribution in [3.8, 4) is 0 Å². The highest BCUT2D eigenvalue weighted by molar-refractivity contribution is 5.33. The Kier molecular flexibility index (Phi) is 2.22. The summed E-state index contributed by atoms with van der Waals surface area (Å²) in [6.45, 7) is 1.63. The van der Waals surface area contributed by atoms with Crippen molar-refractivity contribution in [3.05, 3.63) is 35.1 Å². The van der Waals surface area contributed by atoms with Crippen LogP contribution in [0.25, 0.3) is 0 Å². The predicted molar refractivity (Wildman–Crippen MR) is 55.2 cm³/mol. The fourth-order valence-corrected chi connectivity index (χ4v) is 2.58. The standard InChI is InChI=1S/C12H14FNO/c13-9-3-1-8-2-4-11-12(10(8)7-9)15-6-5-14-11/h1,3,7,11-12,14H,2,4-6H2. The monoisotopic (exact) mass is 207 g/mol. The molecule has 0 radical (unpaired) electrons. The first-order chi connectivity index (χ1) is 7.34. The fraction of sp³-hybridized carbons (Fsp3) is 0.500. The van der Waals surface area contributed by atoms with E-state index in [1.165, 1.54) is 11.6 Å². The van der Waals surface area contributed by atoms with E-state index >= 15 is 0 Å². The molecule has 1 aromatic rings. The van der Waals surface area contributed by atoms with Crippen molar-refractivity contribution in [2.75, 3.05) is 13.2 Å². The molecule has 0 aromatic heterocycles. The van der Waals surface area contributed by atoms with Gasteiger partial charge in [0.2, 0.25) is 0 Å². The minimum atomic E-state index is -0.163. The Morgan fingerprint density at radius 1 is 1.40 bits per heavy atom. The first-order valence-electron chi connectivity index (χ1n) is 5.48. The van der Waals surface area contributed by atoms with Crippen molar-refractivity contribution in [1.82, 2.24) is 5.32 Å². The van der Waals surface area contributed by atoms with E-state index in [0.717, 1.165) is 31.6 Å². The average molecular weight is 207 g/mol. The third kappa shape index (κ3) is 1.56. The number of benzene rings is 1. The van der Waals surface area contributed by atoms with Gasteiger partial charge in [-0.15, -0.1) is 0 Å². The summed E-state index contributed by atoms with van der Waals surface area (Å²) in [4.78, 5) is 0. The number of hydrogen-bond donors (Lipinski definition) is 1. The van der Waals surface area contributed by atoms with Gasteiger partial charge in [-0.05, 0) is 36.1 Å². The third-order valence-corrected chi connectivity index (χ3v) is 3.31. The van der Waals surface area contributed by atoms with Crippen LogP contribution >= 0.6 is 0 Å². The van der Waals surface area contributed by atoms with Crippen molar-refractivity contribution in [1.29, 1.82) is 0 Å². The summed E-state index contributed by atoms with van der Waals surface area (Å²) in [6, 6.07) is 5.42. The van der Waals surface area contributed by atoms with Crippen molar-refractivity contribution < 1.29 is 9.13 Å². The Balaban J connectivity index is 2.01. The van der Waals surface area contributed by atoms with Crippen LogP contribution in [0.1, 0.15) is 23.7 Å². The van der Waals surface area contributed by atoms with E-state index in [4.69, 9.17) is 4.74 Å². The molecular formula is C12H14FNO. The molecule has 15 heavy (non-hydrogen) atoms. The summed E-state index contributed by atoms with van der Waals surface area (Å²) in [5.41, 5.74) is 2.28. The maximum absolute atomic E-state index is 13.2. The number of halogens is 1. The van der Waals surface area contributed by atoms with Gasteiger partial charge in [-0.3, -0.25) is 0 Å². The number of hydrogen-bond acceptors (Lipinski definition) is 2. The summed E-state index contributed by atoms with van der Waals surface area (Å²) >= 11 is 0. The number of nitrogens with one attached hydrogen (secondary N) is 1. The Hall–Kier alpha value is -0.930. The van der Waals surface area contributed by atoms with Crippen LogP contribution < -0.4 is 5.32 Å². The number of morpholine rings is 1. The molecule has 3 heteroatoms. The predicted octanol–water partition coefficient (Wildman–Crippen LogP) is 1.80. The Morgan fingerprint density at radius 2 is 2.33 bits per heavy atom. The molecule has 0 amide bonds. The molecule has 0 saturated carbocycles. The lowest BCUT2D eigenvalue weighted by atomic mass is 9.85. The Morgan fingerprint density at radius 3 is 3.27 bits per heavy atom. The molecule has 3 rings (SSSR count). The van der Waals surface area contributed by atoms with Crippen molar-refractivity contribution in [2.45, 2.75) is 25.0 Å². The van der Waals surface area contributed by atoms with Gasteiger partial charge in [0.15, 0.2) is 0 Å². The lowest BCUT2D eigenvalue weighted by molar-refractivity contribution is -0.0128. The molecular weight excluding hydrogens is 193 g/mol. The van der Waals surface area contributed by atoms with E-state index in [1.807, 2.05) is 6.07 Å². The average Bonchev–Trinajstić information content (AvgIpc) is 2.29. The van der Waals surface area contributed by atoms with E-state index in [-0.39, 0.29) is 11.9 Å². The van der Waals surface area contributed by atoms with Gasteiger partial charge in [0.25, 0.3) is 0 Å². The van der Waals surface area contributed by atoms with Gasteiger partial charge in [-0.25, -0.2) is 4.39 Å². The van der Waals surface area contributed by atoms with Crippen LogP contribution in [0, 0.1) is 5.82 Å². The van der Waals surface area contributed by atoms with E-state index in [2.05, 4.69) is 5.32 Å². The van der Waals surface area contributed by atoms with Crippen LogP contribution in [0.15, 0.2) is 18.2 Å². The lowest BCUT2D eigenvalue weighted by Crippen LogP contribution is -2.45. The highest BCUT2D eigenvalue weighted by atomic mass is 19.1. The summed E-state index contributed by atoms with van der Waals surface area (Å²) in [6.07, 6.45) is 2.16. The van der Waals surface area contributed by atoms with Gasteiger partial charge in [-0.1, -0.05) is 6.07 Å². The van der Waals surface area contributed by atoms with E-state index < -0.39 is 0 Å². The van der Waals surface area contributed by atoms with Crippen molar-refractivity contribution >= 4 is 0 Å². The second kappa shape index (κ2) is 3.58. The second-order valence-electron chi connectivity index (χ2n) is 4.23. The molecule has 1 aliphatic carbocycles. The Bertz CT molecular complexity index is 380. The summed E-state index contributed by atoms with van der Waals surface area (Å²) in [5.74, 6) is -0.163. The minimum Gasteiger partial charge on any atom is -0.371 e. The first kappa shape index (κ1) is 9.31. The topological polar surface area (TPSA) is 21.3 Å². The molecule has 0 bridgehead atoms. The van der Waals surface area contributed by atoms with Gasteiger partial charge in [-0.2, -0.15) is 0 Å². The summed E-state index contributed by atoms with van der Waals surface area (Å²) in [5, 5.41) is 3.43. The van der Waals surface area contributed by atoms with E-state index in [9.17, 15) is 4.39 Å². The summed E-state index contributed by atoms with van der Waals surface area (Å²) < 4.78 is 18.9. The molecule has 1 N–H and O–H groups in total. The number of fused-ring (bicyclic) bond motifs is 3. The van der Waals surface area contributed by atoms with Crippen LogP contribution in [0.4, 0.5) is 4.39 Å². The zero-order valence-electron chi connectivity index (χ0n) is 8.50. The SMILES string of the molecule is Fc1ccc2c(c1)C1OCCNC1CC2. The highest BCUT2D eigenvalue weighted by Gasteiger charge is 2.32. The highest BCUT2D eigenvalue weighted by Crippen LogP contribution is 2.34. The molecule has 0 spiro atoms. The second-order valence-corrected chi connectivity index (χ2v) is 4.23. The van der Waals surface area contributed by atoms with Gasteiger partial charge < -0.3 is 10.1 Å². The molecule has 2 unspecified atom stereocenters. The van der Waals surface area contributed by atoms with Gasteiger partial charge in [0.05, 0.1) is 12.7 Å². The van der Waals surface area contributed by atoms with Crippen LogP contribution in [0.5, 0.6) is 0 Å². The van der Waals surface area contributed by atoms with E-state index in [1.54, 1.807) is 6.07 Å². The maximum atomic E-state index is 13.2. The van der Waals surface area contributed by atoms with Crippen LogP contribution in [0.2, 0.25) is 0 Å². The smallest absolute Gasteiger partial charge is 0.123 e. The molecule has 2 aliphatic rings. The largest absolute Gasteiger partial charge is 0.371 e. The molecule has 2 atom stereocenters. The molecule has 2 nitrogen and oxygen atoms in total. The fourth-order valence-electron chi connectivity index (χ4n) is 2.58. The molecule has 1 aromatic carbocycles. The third-order valence-electron chi connectivity index (χ3n) is 3.31. The van der Waals surface area contributed by atoms with Crippen molar-refractivity contribution in [2.24, 2.45) is 0 Å². The van der Waals surface area contributed by atoms with E-state index in [0.29, 0.717) is 6.04 Å². The Labute approximate surface area is 88.4 Å². The lowest BCUT2D eigenvalue weighted by Gasteiger charge is -2.37.